The first-order valence-corrected chi connectivity index (χ1v) is 8.61. The second-order valence-electron chi connectivity index (χ2n) is 5.84. The van der Waals surface area contributed by atoms with Gasteiger partial charge in [-0.25, -0.2) is 9.38 Å². The third kappa shape index (κ3) is 7.87. The van der Waals surface area contributed by atoms with E-state index in [-0.39, 0.29) is 30.1 Å². The summed E-state index contributed by atoms with van der Waals surface area (Å²) < 4.78 is 19.4. The van der Waals surface area contributed by atoms with Crippen LogP contribution >= 0.6 is 0 Å². The van der Waals surface area contributed by atoms with Crippen molar-refractivity contribution in [3.05, 3.63) is 30.1 Å². The summed E-state index contributed by atoms with van der Waals surface area (Å²) in [4.78, 5) is 17.5. The number of amides is 1. The van der Waals surface area contributed by atoms with Crippen molar-refractivity contribution in [3.63, 3.8) is 0 Å². The molecule has 0 saturated heterocycles. The number of aliphatic imine (C=N–C) groups is 1. The Morgan fingerprint density at radius 2 is 2.00 bits per heavy atom. The molecule has 0 aliphatic heterocycles. The van der Waals surface area contributed by atoms with Gasteiger partial charge in [-0.1, -0.05) is 26.0 Å². The molecule has 140 valence electrons. The Hall–Kier alpha value is -2.31. The number of carbonyl (C=O) groups excluding carboxylic acids is 1. The van der Waals surface area contributed by atoms with Gasteiger partial charge >= 0.3 is 0 Å². The van der Waals surface area contributed by atoms with E-state index in [9.17, 15) is 9.18 Å². The third-order valence-electron chi connectivity index (χ3n) is 3.50. The molecule has 0 bridgehead atoms. The van der Waals surface area contributed by atoms with Crippen LogP contribution in [0.2, 0.25) is 0 Å². The van der Waals surface area contributed by atoms with Crippen molar-refractivity contribution in [1.82, 2.24) is 15.5 Å². The molecule has 1 atom stereocenters. The maximum atomic E-state index is 13.7. The first kappa shape index (κ1) is 20.7. The Morgan fingerprint density at radius 3 is 2.60 bits per heavy atom. The van der Waals surface area contributed by atoms with Crippen molar-refractivity contribution in [3.8, 4) is 5.75 Å². The van der Waals surface area contributed by atoms with Crippen molar-refractivity contribution in [2.24, 2.45) is 4.99 Å². The van der Waals surface area contributed by atoms with Crippen molar-refractivity contribution in [2.75, 3.05) is 33.7 Å². The number of hydrogen-bond acceptors (Lipinski definition) is 3. The minimum absolute atomic E-state index is 0.0665. The van der Waals surface area contributed by atoms with Crippen LogP contribution in [0.5, 0.6) is 5.75 Å². The normalized spacial score (nSPS) is 12.4. The number of guanidine groups is 1. The largest absolute Gasteiger partial charge is 0.486 e. The summed E-state index contributed by atoms with van der Waals surface area (Å²) in [5, 5.41) is 6.32. The van der Waals surface area contributed by atoms with Crippen molar-refractivity contribution in [2.45, 2.75) is 32.8 Å². The maximum Gasteiger partial charge on any atom is 0.243 e. The standard InChI is InChI=1S/C18H29FN4O2/c1-5-11-20-18(22-13-17(24)23(3)4)21-12-14(6-2)25-16-10-8-7-9-15(16)19/h7-10,14H,5-6,11-13H2,1-4H3,(H2,20,21,22). The molecule has 1 unspecified atom stereocenters. The summed E-state index contributed by atoms with van der Waals surface area (Å²) >= 11 is 0. The first-order valence-electron chi connectivity index (χ1n) is 8.61. The van der Waals surface area contributed by atoms with Gasteiger partial charge in [-0.05, 0) is 25.0 Å². The maximum absolute atomic E-state index is 13.7. The van der Waals surface area contributed by atoms with Crippen molar-refractivity contribution < 1.29 is 13.9 Å². The van der Waals surface area contributed by atoms with Crippen LogP contribution in [0.15, 0.2) is 29.3 Å². The number of ether oxygens (including phenoxy) is 1. The Bertz CT molecular complexity index is 564. The van der Waals surface area contributed by atoms with E-state index in [0.29, 0.717) is 18.9 Å². The molecule has 0 aromatic heterocycles. The number of halogens is 1. The third-order valence-corrected chi connectivity index (χ3v) is 3.50. The number of nitrogens with zero attached hydrogens (tertiary/aromatic N) is 2. The summed E-state index contributed by atoms with van der Waals surface area (Å²) in [5.74, 6) is 0.328. The zero-order chi connectivity index (χ0) is 18.7. The van der Waals surface area contributed by atoms with Crippen LogP contribution in [0, 0.1) is 5.82 Å². The number of hydrogen-bond donors (Lipinski definition) is 2. The Kier molecular flexibility index (Phi) is 9.36. The van der Waals surface area contributed by atoms with Crippen LogP contribution in [0.25, 0.3) is 0 Å². The highest BCUT2D eigenvalue weighted by Gasteiger charge is 2.12. The number of para-hydroxylation sites is 1. The van der Waals surface area contributed by atoms with Crippen LogP contribution < -0.4 is 15.4 Å². The quantitative estimate of drug-likeness (QED) is 0.527. The van der Waals surface area contributed by atoms with Gasteiger partial charge in [-0.15, -0.1) is 0 Å². The molecule has 0 saturated carbocycles. The van der Waals surface area contributed by atoms with Crippen LogP contribution in [0.1, 0.15) is 26.7 Å². The number of carbonyl (C=O) groups is 1. The lowest BCUT2D eigenvalue weighted by atomic mass is 10.2. The van der Waals surface area contributed by atoms with Gasteiger partial charge in [0.1, 0.15) is 12.6 Å². The second kappa shape index (κ2) is 11.3. The van der Waals surface area contributed by atoms with Gasteiger partial charge in [0.25, 0.3) is 0 Å². The summed E-state index contributed by atoms with van der Waals surface area (Å²) in [6.45, 7) is 5.28. The lowest BCUT2D eigenvalue weighted by Gasteiger charge is -2.20. The van der Waals surface area contributed by atoms with E-state index >= 15 is 0 Å². The van der Waals surface area contributed by atoms with Crippen molar-refractivity contribution >= 4 is 11.9 Å². The fourth-order valence-electron chi connectivity index (χ4n) is 1.91. The monoisotopic (exact) mass is 352 g/mol. The minimum Gasteiger partial charge on any atom is -0.486 e. The number of rotatable bonds is 9. The van der Waals surface area contributed by atoms with E-state index < -0.39 is 0 Å². The van der Waals surface area contributed by atoms with Crippen LogP contribution in [0.3, 0.4) is 0 Å². The van der Waals surface area contributed by atoms with Gasteiger partial charge in [0.15, 0.2) is 17.5 Å². The van der Waals surface area contributed by atoms with Gasteiger partial charge in [0.05, 0.1) is 6.54 Å². The van der Waals surface area contributed by atoms with E-state index in [2.05, 4.69) is 15.6 Å². The van der Waals surface area contributed by atoms with E-state index in [0.717, 1.165) is 13.0 Å². The van der Waals surface area contributed by atoms with E-state index in [1.165, 1.54) is 11.0 Å². The van der Waals surface area contributed by atoms with E-state index in [1.54, 1.807) is 32.3 Å². The molecule has 0 radical (unpaired) electrons. The molecule has 1 amide bonds. The Balaban J connectivity index is 2.64. The SMILES string of the molecule is CCCNC(=NCC(=O)N(C)C)NCC(CC)Oc1ccccc1F. The molecule has 0 aliphatic carbocycles. The van der Waals surface area contributed by atoms with Crippen LogP contribution in [-0.2, 0) is 4.79 Å². The zero-order valence-corrected chi connectivity index (χ0v) is 15.5. The van der Waals surface area contributed by atoms with Crippen molar-refractivity contribution in [1.29, 1.82) is 0 Å². The molecule has 2 N–H and O–H groups in total. The molecule has 1 aromatic carbocycles. The lowest BCUT2D eigenvalue weighted by molar-refractivity contribution is -0.127. The average Bonchev–Trinajstić information content (AvgIpc) is 2.60. The number of benzene rings is 1. The van der Waals surface area contributed by atoms with Crippen LogP contribution in [0.4, 0.5) is 4.39 Å². The summed E-state index contributed by atoms with van der Waals surface area (Å²) in [6, 6.07) is 6.35. The topological polar surface area (TPSA) is 66.0 Å². The minimum atomic E-state index is -0.379. The molecule has 1 aromatic rings. The first-order chi connectivity index (χ1) is 12.0. The average molecular weight is 352 g/mol. The molecule has 7 heteroatoms. The predicted octanol–water partition coefficient (Wildman–Crippen LogP) is 2.02. The lowest BCUT2D eigenvalue weighted by Crippen LogP contribution is -2.43. The number of nitrogens with one attached hydrogen (secondary N) is 2. The highest BCUT2D eigenvalue weighted by molar-refractivity contribution is 5.84. The molecule has 1 rings (SSSR count). The van der Waals surface area contributed by atoms with Gasteiger partial charge in [-0.3, -0.25) is 4.79 Å². The number of likely N-dealkylation sites (N-methyl/N-ethyl adjacent to an activating group) is 1. The summed E-state index contributed by atoms with van der Waals surface area (Å²) in [6.07, 6.45) is 1.43. The molecular weight excluding hydrogens is 323 g/mol. The Morgan fingerprint density at radius 1 is 1.28 bits per heavy atom. The van der Waals surface area contributed by atoms with Gasteiger partial charge in [-0.2, -0.15) is 0 Å². The summed E-state index contributed by atoms with van der Waals surface area (Å²) in [5.41, 5.74) is 0. The fraction of sp³-hybridized carbons (Fsp3) is 0.556. The molecular formula is C18H29FN4O2. The zero-order valence-electron chi connectivity index (χ0n) is 15.5. The highest BCUT2D eigenvalue weighted by atomic mass is 19.1. The fourth-order valence-corrected chi connectivity index (χ4v) is 1.91. The van der Waals surface area contributed by atoms with Gasteiger partial charge < -0.3 is 20.3 Å². The highest BCUT2D eigenvalue weighted by Crippen LogP contribution is 2.17. The second-order valence-corrected chi connectivity index (χ2v) is 5.84. The smallest absolute Gasteiger partial charge is 0.243 e. The molecule has 25 heavy (non-hydrogen) atoms. The molecule has 6 nitrogen and oxygen atoms in total. The van der Waals surface area contributed by atoms with Crippen LogP contribution in [-0.4, -0.2) is 56.6 Å². The predicted molar refractivity (Wildman–Crippen MR) is 98.4 cm³/mol. The Labute approximate surface area is 149 Å². The summed E-state index contributed by atoms with van der Waals surface area (Å²) in [7, 11) is 3.39. The van der Waals surface area contributed by atoms with E-state index in [1.807, 2.05) is 13.8 Å². The molecule has 0 spiro atoms. The van der Waals surface area contributed by atoms with Gasteiger partial charge in [0, 0.05) is 20.6 Å². The molecule has 0 heterocycles. The van der Waals surface area contributed by atoms with Gasteiger partial charge in [0.2, 0.25) is 5.91 Å². The molecule has 0 fully saturated rings. The molecule has 0 aliphatic rings. The van der Waals surface area contributed by atoms with E-state index in [4.69, 9.17) is 4.74 Å².